The Morgan fingerprint density at radius 3 is 1.74 bits per heavy atom. The first-order valence-corrected chi connectivity index (χ1v) is 12.6. The fraction of sp³-hybridized carbons (Fsp3) is 0.269. The lowest BCUT2D eigenvalue weighted by Gasteiger charge is -2.58. The lowest BCUT2D eigenvalue weighted by Crippen LogP contribution is -2.52. The van der Waals surface area contributed by atoms with Gasteiger partial charge < -0.3 is 10.2 Å². The second kappa shape index (κ2) is 5.40. The molecule has 1 fully saturated rings. The number of phenolic OH excluding ortho intramolecular Hbond substituents is 2. The fourth-order valence-corrected chi connectivity index (χ4v) is 9.68. The highest BCUT2D eigenvalue weighted by atomic mass is 32.2. The maximum Gasteiger partial charge on any atom is 0.315 e. The van der Waals surface area contributed by atoms with Crippen LogP contribution in [0.3, 0.4) is 0 Å². The topological polar surface area (TPSA) is 43.5 Å². The third-order valence-electron chi connectivity index (χ3n) is 8.10. The van der Waals surface area contributed by atoms with Crippen molar-refractivity contribution in [1.29, 1.82) is 0 Å². The number of fused-ring (bicyclic) bond motifs is 8. The first kappa shape index (κ1) is 17.0. The van der Waals surface area contributed by atoms with E-state index < -0.39 is 0 Å². The van der Waals surface area contributed by atoms with E-state index in [-0.39, 0.29) is 17.3 Å². The van der Waals surface area contributed by atoms with Gasteiger partial charge in [-0.3, -0.25) is 0 Å². The number of nitrogens with zero attached hydrogens (tertiary/aromatic N) is 1. The molecule has 8 rings (SSSR count). The molecular formula is C26H20NO2S2+. The van der Waals surface area contributed by atoms with E-state index in [1.807, 2.05) is 0 Å². The van der Waals surface area contributed by atoms with E-state index in [0.29, 0.717) is 11.5 Å². The van der Waals surface area contributed by atoms with Gasteiger partial charge in [0.1, 0.15) is 24.6 Å². The van der Waals surface area contributed by atoms with Crippen molar-refractivity contribution in [2.24, 2.45) is 0 Å². The highest BCUT2D eigenvalue weighted by molar-refractivity contribution is 7.36. The molecule has 3 aromatic carbocycles. The number of hydrogen-bond acceptors (Lipinski definition) is 4. The van der Waals surface area contributed by atoms with E-state index in [1.54, 1.807) is 22.7 Å². The van der Waals surface area contributed by atoms with Gasteiger partial charge in [0.05, 0.1) is 9.40 Å². The minimum Gasteiger partial charge on any atom is -0.506 e. The lowest BCUT2D eigenvalue weighted by molar-refractivity contribution is 0.326. The van der Waals surface area contributed by atoms with E-state index >= 15 is 0 Å². The van der Waals surface area contributed by atoms with E-state index in [2.05, 4.69) is 53.1 Å². The van der Waals surface area contributed by atoms with Crippen LogP contribution in [0.25, 0.3) is 9.40 Å². The number of aromatic hydroxyl groups is 2. The third kappa shape index (κ3) is 1.68. The Morgan fingerprint density at radius 2 is 1.23 bits per heavy atom. The van der Waals surface area contributed by atoms with Crippen LogP contribution in [0.15, 0.2) is 48.5 Å². The van der Waals surface area contributed by atoms with Crippen molar-refractivity contribution in [2.45, 2.75) is 30.1 Å². The van der Waals surface area contributed by atoms with Crippen LogP contribution in [0.5, 0.6) is 11.5 Å². The molecule has 1 aromatic heterocycles. The minimum absolute atomic E-state index is 0.122. The van der Waals surface area contributed by atoms with Crippen molar-refractivity contribution < 1.29 is 10.2 Å². The Kier molecular flexibility index (Phi) is 2.96. The second-order valence-electron chi connectivity index (χ2n) is 9.26. The molecule has 3 nitrogen and oxygen atoms in total. The van der Waals surface area contributed by atoms with Crippen LogP contribution < -0.4 is 8.56 Å². The zero-order valence-electron chi connectivity index (χ0n) is 16.8. The van der Waals surface area contributed by atoms with E-state index in [9.17, 15) is 10.2 Å². The van der Waals surface area contributed by atoms with Gasteiger partial charge in [0.2, 0.25) is 0 Å². The second-order valence-corrected chi connectivity index (χ2v) is 11.5. The summed E-state index contributed by atoms with van der Waals surface area (Å²) in [5, 5.41) is 23.3. The third-order valence-corrected chi connectivity index (χ3v) is 10.8. The Bertz CT molecular complexity index is 1430. The van der Waals surface area contributed by atoms with Gasteiger partial charge in [0, 0.05) is 41.2 Å². The molecule has 4 aliphatic rings. The molecule has 1 aliphatic heterocycles. The van der Waals surface area contributed by atoms with Crippen molar-refractivity contribution in [1.82, 2.24) is 4.58 Å². The molecule has 1 saturated heterocycles. The summed E-state index contributed by atoms with van der Waals surface area (Å²) in [4.78, 5) is 0. The molecule has 152 valence electrons. The Labute approximate surface area is 187 Å². The first-order chi connectivity index (χ1) is 15.2. The summed E-state index contributed by atoms with van der Waals surface area (Å²) >= 11 is 3.30. The maximum atomic E-state index is 11.6. The highest BCUT2D eigenvalue weighted by Crippen LogP contribution is 2.79. The monoisotopic (exact) mass is 442 g/mol. The highest BCUT2D eigenvalue weighted by Gasteiger charge is 2.70. The zero-order valence-corrected chi connectivity index (χ0v) is 18.4. The summed E-state index contributed by atoms with van der Waals surface area (Å²) in [5.74, 6) is 1.04. The van der Waals surface area contributed by atoms with Crippen LogP contribution in [0, 0.1) is 0 Å². The largest absolute Gasteiger partial charge is 0.506 e. The maximum absolute atomic E-state index is 11.6. The van der Waals surface area contributed by atoms with Gasteiger partial charge in [-0.15, -0.1) is 0 Å². The van der Waals surface area contributed by atoms with Crippen molar-refractivity contribution in [3.63, 3.8) is 0 Å². The Balaban J connectivity index is 1.50. The lowest BCUT2D eigenvalue weighted by atomic mass is 9.43. The molecule has 5 heteroatoms. The normalized spacial score (nSPS) is 26.5. The standard InChI is InChI=1S/C26H19NO2S2/c28-21-17-18(22(29)24-23(21)30-25(31-24)27-11-5-6-12-27)20-14-8-2-4-10-16(14)26(20)15-9-3-1-7-13(15)19(17)26/h1-4,7-10,19-20H,5-6,11-12H2,(H-,28,29)/p+1/t19-,20?,26?/m0/s1. The summed E-state index contributed by atoms with van der Waals surface area (Å²) in [6.07, 6.45) is 2.44. The Hall–Kier alpha value is -2.63. The van der Waals surface area contributed by atoms with Crippen LogP contribution in [0.4, 0.5) is 0 Å². The van der Waals surface area contributed by atoms with Gasteiger partial charge in [0.15, 0.2) is 0 Å². The summed E-state index contributed by atoms with van der Waals surface area (Å²) in [7, 11) is 0. The van der Waals surface area contributed by atoms with Crippen LogP contribution in [0.2, 0.25) is 0 Å². The molecule has 3 atom stereocenters. The number of benzene rings is 3. The predicted molar refractivity (Wildman–Crippen MR) is 125 cm³/mol. The van der Waals surface area contributed by atoms with Crippen molar-refractivity contribution >= 4 is 32.1 Å². The van der Waals surface area contributed by atoms with Crippen LogP contribution in [-0.2, 0) is 5.41 Å². The zero-order chi connectivity index (χ0) is 20.5. The quantitative estimate of drug-likeness (QED) is 0.303. The van der Waals surface area contributed by atoms with Gasteiger partial charge in [-0.2, -0.15) is 0 Å². The average Bonchev–Trinajstić information content (AvgIpc) is 3.49. The predicted octanol–water partition coefficient (Wildman–Crippen LogP) is 4.83. The first-order valence-electron chi connectivity index (χ1n) is 11.0. The molecule has 31 heavy (non-hydrogen) atoms. The molecule has 2 N–H and O–H groups in total. The Morgan fingerprint density at radius 1 is 0.742 bits per heavy atom. The number of rotatable bonds is 0. The van der Waals surface area contributed by atoms with Gasteiger partial charge >= 0.3 is 3.98 Å². The van der Waals surface area contributed by atoms with Crippen LogP contribution in [0.1, 0.15) is 58.1 Å². The summed E-state index contributed by atoms with van der Waals surface area (Å²) < 4.78 is 5.32. The van der Waals surface area contributed by atoms with E-state index in [1.165, 1.54) is 39.1 Å². The van der Waals surface area contributed by atoms with Crippen LogP contribution >= 0.6 is 22.7 Å². The molecule has 1 spiro atoms. The molecule has 2 heterocycles. The molecule has 4 aromatic rings. The molecule has 0 bridgehead atoms. The number of hydrogen-bond donors (Lipinski definition) is 2. The van der Waals surface area contributed by atoms with Crippen molar-refractivity contribution in [2.75, 3.05) is 13.1 Å². The molecular weight excluding hydrogens is 422 g/mol. The smallest absolute Gasteiger partial charge is 0.315 e. The molecule has 0 amide bonds. The summed E-state index contributed by atoms with van der Waals surface area (Å²) in [6, 6.07) is 17.3. The average molecular weight is 443 g/mol. The summed E-state index contributed by atoms with van der Waals surface area (Å²) in [6.45, 7) is 2.14. The van der Waals surface area contributed by atoms with E-state index in [0.717, 1.165) is 33.6 Å². The van der Waals surface area contributed by atoms with Crippen molar-refractivity contribution in [3.8, 4) is 11.5 Å². The van der Waals surface area contributed by atoms with Gasteiger partial charge in [-0.25, -0.2) is 4.58 Å². The molecule has 3 aliphatic carbocycles. The molecule has 2 unspecified atom stereocenters. The SMILES string of the molecule is Oc1c2c(c(O)c3sc(=[N+]4CCCC4)sc13)[C@@H]1c3ccccc3C13c1ccccc1C23. The van der Waals surface area contributed by atoms with Gasteiger partial charge in [0.25, 0.3) is 0 Å². The molecule has 0 saturated carbocycles. The van der Waals surface area contributed by atoms with Crippen LogP contribution in [-0.4, -0.2) is 23.3 Å². The van der Waals surface area contributed by atoms with Gasteiger partial charge in [-0.05, 0) is 22.3 Å². The fourth-order valence-electron chi connectivity index (χ4n) is 7.00. The summed E-state index contributed by atoms with van der Waals surface area (Å²) in [5.41, 5.74) is 7.13. The van der Waals surface area contributed by atoms with Gasteiger partial charge in [-0.1, -0.05) is 71.2 Å². The number of phenols is 2. The molecule has 0 radical (unpaired) electrons. The van der Waals surface area contributed by atoms with E-state index in [4.69, 9.17) is 0 Å². The van der Waals surface area contributed by atoms with Crippen molar-refractivity contribution in [3.05, 3.63) is 85.9 Å². The minimum atomic E-state index is -0.129.